The Balaban J connectivity index is 1.80. The minimum absolute atomic E-state index is 0.00803. The number of benzene rings is 1. The van der Waals surface area contributed by atoms with Crippen molar-refractivity contribution < 1.29 is 9.53 Å². The van der Waals surface area contributed by atoms with Gasteiger partial charge in [0.2, 0.25) is 0 Å². The third-order valence-electron chi connectivity index (χ3n) is 3.96. The summed E-state index contributed by atoms with van der Waals surface area (Å²) in [5.41, 5.74) is 1.59. The normalized spacial score (nSPS) is 19.1. The maximum Gasteiger partial charge on any atom is 0.410 e. The van der Waals surface area contributed by atoms with Gasteiger partial charge in [0, 0.05) is 26.7 Å². The van der Waals surface area contributed by atoms with Crippen molar-refractivity contribution in [3.8, 4) is 0 Å². The molecule has 124 valence electrons. The number of aryl methyl sites for hydroxylation is 1. The van der Waals surface area contributed by atoms with Crippen molar-refractivity contribution in [2.75, 3.05) is 19.6 Å². The smallest absolute Gasteiger partial charge is 0.410 e. The van der Waals surface area contributed by atoms with Crippen LogP contribution >= 0.6 is 0 Å². The molecular formula is C17H24N4O2. The van der Waals surface area contributed by atoms with Gasteiger partial charge in [0.25, 0.3) is 0 Å². The molecule has 0 aliphatic carbocycles. The van der Waals surface area contributed by atoms with Crippen molar-refractivity contribution in [3.05, 3.63) is 30.1 Å². The summed E-state index contributed by atoms with van der Waals surface area (Å²) in [5, 5.41) is 3.45. The van der Waals surface area contributed by atoms with E-state index in [1.54, 1.807) is 4.90 Å². The zero-order valence-corrected chi connectivity index (χ0v) is 14.2. The van der Waals surface area contributed by atoms with Gasteiger partial charge in [0.15, 0.2) is 0 Å². The Morgan fingerprint density at radius 1 is 1.35 bits per heavy atom. The number of aromatic nitrogens is 2. The van der Waals surface area contributed by atoms with Gasteiger partial charge < -0.3 is 19.5 Å². The third kappa shape index (κ3) is 3.32. The molecule has 6 heteroatoms. The first-order chi connectivity index (χ1) is 10.8. The molecule has 0 spiro atoms. The number of rotatable bonds is 1. The van der Waals surface area contributed by atoms with E-state index in [1.807, 2.05) is 46.0 Å². The van der Waals surface area contributed by atoms with Crippen LogP contribution in [0, 0.1) is 0 Å². The van der Waals surface area contributed by atoms with Gasteiger partial charge in [0.05, 0.1) is 17.1 Å². The highest BCUT2D eigenvalue weighted by Crippen LogP contribution is 2.22. The third-order valence-corrected chi connectivity index (χ3v) is 3.96. The van der Waals surface area contributed by atoms with Crippen LogP contribution in [0.15, 0.2) is 24.3 Å². The molecule has 2 aromatic rings. The van der Waals surface area contributed by atoms with Crippen LogP contribution < -0.4 is 5.32 Å². The van der Waals surface area contributed by atoms with Gasteiger partial charge in [-0.1, -0.05) is 12.1 Å². The molecule has 3 rings (SSSR count). The predicted molar refractivity (Wildman–Crippen MR) is 89.3 cm³/mol. The van der Waals surface area contributed by atoms with Crippen LogP contribution in [0.2, 0.25) is 0 Å². The Hall–Kier alpha value is -2.08. The molecule has 0 bridgehead atoms. The van der Waals surface area contributed by atoms with Crippen molar-refractivity contribution in [1.82, 2.24) is 19.8 Å². The van der Waals surface area contributed by atoms with E-state index in [0.717, 1.165) is 23.4 Å². The first kappa shape index (κ1) is 15.8. The highest BCUT2D eigenvalue weighted by molar-refractivity contribution is 5.76. The highest BCUT2D eigenvalue weighted by Gasteiger charge is 2.30. The zero-order valence-electron chi connectivity index (χ0n) is 14.2. The van der Waals surface area contributed by atoms with E-state index in [0.29, 0.717) is 13.1 Å². The second kappa shape index (κ2) is 5.85. The van der Waals surface area contributed by atoms with E-state index in [9.17, 15) is 4.79 Å². The lowest BCUT2D eigenvalue weighted by atomic mass is 10.2. The molecule has 6 nitrogen and oxygen atoms in total. The van der Waals surface area contributed by atoms with Gasteiger partial charge >= 0.3 is 6.09 Å². The number of carbonyl (C=O) groups is 1. The quantitative estimate of drug-likeness (QED) is 0.878. The Morgan fingerprint density at radius 3 is 2.78 bits per heavy atom. The number of nitrogens with one attached hydrogen (secondary N) is 1. The largest absolute Gasteiger partial charge is 0.444 e. The monoisotopic (exact) mass is 316 g/mol. The van der Waals surface area contributed by atoms with Gasteiger partial charge in [-0.05, 0) is 32.9 Å². The fourth-order valence-corrected chi connectivity index (χ4v) is 2.89. The SMILES string of the molecule is Cn1c(C2CN(C(=O)OC(C)(C)C)CCN2)nc2ccccc21. The molecule has 1 unspecified atom stereocenters. The van der Waals surface area contributed by atoms with Crippen LogP contribution in [0.4, 0.5) is 4.79 Å². The molecule has 1 aromatic heterocycles. The second-order valence-electron chi connectivity index (χ2n) is 6.95. The lowest BCUT2D eigenvalue weighted by Crippen LogP contribution is -2.50. The predicted octanol–water partition coefficient (Wildman–Crippen LogP) is 2.45. The lowest BCUT2D eigenvalue weighted by Gasteiger charge is -2.34. The number of piperazine rings is 1. The molecule has 2 heterocycles. The molecule has 0 radical (unpaired) electrons. The van der Waals surface area contributed by atoms with Crippen LogP contribution in [-0.2, 0) is 11.8 Å². The summed E-state index contributed by atoms with van der Waals surface area (Å²) < 4.78 is 7.57. The van der Waals surface area contributed by atoms with Crippen molar-refractivity contribution in [1.29, 1.82) is 0 Å². The standard InChI is InChI=1S/C17H24N4O2/c1-17(2,3)23-16(22)21-10-9-18-13(11-21)15-19-12-7-5-6-8-14(12)20(15)4/h5-8,13,18H,9-11H2,1-4H3. The van der Waals surface area contributed by atoms with Crippen molar-refractivity contribution >= 4 is 17.1 Å². The molecule has 1 saturated heterocycles. The summed E-state index contributed by atoms with van der Waals surface area (Å²) in [4.78, 5) is 18.8. The van der Waals surface area contributed by atoms with Crippen molar-refractivity contribution in [2.24, 2.45) is 7.05 Å². The van der Waals surface area contributed by atoms with Gasteiger partial charge in [-0.2, -0.15) is 0 Å². The molecule has 1 aromatic carbocycles. The van der Waals surface area contributed by atoms with E-state index in [-0.39, 0.29) is 12.1 Å². The zero-order chi connectivity index (χ0) is 16.6. The number of amides is 1. The topological polar surface area (TPSA) is 59.4 Å². The van der Waals surface area contributed by atoms with E-state index < -0.39 is 5.60 Å². The number of imidazole rings is 1. The molecule has 1 N–H and O–H groups in total. The Labute approximate surface area is 136 Å². The van der Waals surface area contributed by atoms with Gasteiger partial charge in [0.1, 0.15) is 11.4 Å². The van der Waals surface area contributed by atoms with Crippen LogP contribution in [0.1, 0.15) is 32.6 Å². The fourth-order valence-electron chi connectivity index (χ4n) is 2.89. The minimum atomic E-state index is -0.477. The van der Waals surface area contributed by atoms with Gasteiger partial charge in [-0.15, -0.1) is 0 Å². The lowest BCUT2D eigenvalue weighted by molar-refractivity contribution is 0.0191. The van der Waals surface area contributed by atoms with E-state index in [1.165, 1.54) is 0 Å². The molecule has 1 aliphatic heterocycles. The van der Waals surface area contributed by atoms with Crippen molar-refractivity contribution in [2.45, 2.75) is 32.4 Å². The number of nitrogens with zero attached hydrogens (tertiary/aromatic N) is 3. The number of hydrogen-bond acceptors (Lipinski definition) is 4. The summed E-state index contributed by atoms with van der Waals surface area (Å²) >= 11 is 0. The number of hydrogen-bond donors (Lipinski definition) is 1. The van der Waals surface area contributed by atoms with E-state index in [2.05, 4.69) is 16.0 Å². The number of para-hydroxylation sites is 2. The van der Waals surface area contributed by atoms with Crippen molar-refractivity contribution in [3.63, 3.8) is 0 Å². The summed E-state index contributed by atoms with van der Waals surface area (Å²) in [7, 11) is 2.01. The Bertz CT molecular complexity index is 717. The molecule has 1 fully saturated rings. The van der Waals surface area contributed by atoms with Crippen LogP contribution in [0.3, 0.4) is 0 Å². The molecule has 1 atom stereocenters. The number of ether oxygens (including phenoxy) is 1. The Morgan fingerprint density at radius 2 is 2.09 bits per heavy atom. The summed E-state index contributed by atoms with van der Waals surface area (Å²) in [6.45, 7) is 7.59. The fraction of sp³-hybridized carbons (Fsp3) is 0.529. The van der Waals surface area contributed by atoms with Gasteiger partial charge in [-0.25, -0.2) is 9.78 Å². The molecular weight excluding hydrogens is 292 g/mol. The van der Waals surface area contributed by atoms with E-state index >= 15 is 0 Å². The maximum atomic E-state index is 12.3. The molecule has 1 amide bonds. The maximum absolute atomic E-state index is 12.3. The first-order valence-electron chi connectivity index (χ1n) is 7.98. The average Bonchev–Trinajstić information content (AvgIpc) is 2.83. The Kier molecular flexibility index (Phi) is 4.02. The average molecular weight is 316 g/mol. The van der Waals surface area contributed by atoms with Crippen LogP contribution in [-0.4, -0.2) is 45.8 Å². The highest BCUT2D eigenvalue weighted by atomic mass is 16.6. The first-order valence-corrected chi connectivity index (χ1v) is 7.98. The van der Waals surface area contributed by atoms with Crippen LogP contribution in [0.5, 0.6) is 0 Å². The van der Waals surface area contributed by atoms with Crippen LogP contribution in [0.25, 0.3) is 11.0 Å². The van der Waals surface area contributed by atoms with Gasteiger partial charge in [-0.3, -0.25) is 0 Å². The molecule has 23 heavy (non-hydrogen) atoms. The second-order valence-corrected chi connectivity index (χ2v) is 6.95. The summed E-state index contributed by atoms with van der Waals surface area (Å²) in [5.74, 6) is 0.944. The summed E-state index contributed by atoms with van der Waals surface area (Å²) in [6, 6.07) is 8.07. The minimum Gasteiger partial charge on any atom is -0.444 e. The number of carbonyl (C=O) groups excluding carboxylic acids is 1. The molecule has 0 saturated carbocycles. The number of fused-ring (bicyclic) bond motifs is 1. The van der Waals surface area contributed by atoms with E-state index in [4.69, 9.17) is 9.72 Å². The summed E-state index contributed by atoms with van der Waals surface area (Å²) in [6.07, 6.45) is -0.261. The molecule has 1 aliphatic rings.